The van der Waals surface area contributed by atoms with Gasteiger partial charge in [0.05, 0.1) is 6.54 Å². The van der Waals surface area contributed by atoms with Crippen LogP contribution >= 0.6 is 0 Å². The van der Waals surface area contributed by atoms with Crippen molar-refractivity contribution in [3.05, 3.63) is 42.0 Å². The van der Waals surface area contributed by atoms with Gasteiger partial charge in [-0.05, 0) is 45.0 Å². The van der Waals surface area contributed by atoms with E-state index < -0.39 is 5.60 Å². The molecule has 0 heterocycles. The Labute approximate surface area is 124 Å². The highest BCUT2D eigenvalue weighted by Crippen LogP contribution is 2.16. The number of carbonyl (C=O) groups excluding carboxylic acids is 2. The number of hydrogen-bond donors (Lipinski definition) is 2. The van der Waals surface area contributed by atoms with Gasteiger partial charge in [0.15, 0.2) is 5.78 Å². The summed E-state index contributed by atoms with van der Waals surface area (Å²) >= 11 is 0. The highest BCUT2D eigenvalue weighted by atomic mass is 16.5. The van der Waals surface area contributed by atoms with Crippen molar-refractivity contribution in [1.82, 2.24) is 5.32 Å². The van der Waals surface area contributed by atoms with Gasteiger partial charge in [-0.3, -0.25) is 9.59 Å². The average Bonchev–Trinajstić information content (AvgIpc) is 2.42. The molecular weight excluding hydrogens is 270 g/mol. The van der Waals surface area contributed by atoms with Crippen LogP contribution in [0.4, 0.5) is 0 Å². The van der Waals surface area contributed by atoms with Crippen LogP contribution in [0.5, 0.6) is 5.75 Å². The highest BCUT2D eigenvalue weighted by molar-refractivity contribution is 6.01. The molecule has 0 fully saturated rings. The predicted octanol–water partition coefficient (Wildman–Crippen LogP) is 1.71. The fraction of sp³-hybridized carbons (Fsp3) is 0.375. The number of hydrogen-bond acceptors (Lipinski definition) is 4. The topological polar surface area (TPSA) is 75.6 Å². The number of amides is 1. The molecule has 5 nitrogen and oxygen atoms in total. The van der Waals surface area contributed by atoms with Gasteiger partial charge in [0.1, 0.15) is 18.0 Å². The second-order valence-electron chi connectivity index (χ2n) is 5.30. The van der Waals surface area contributed by atoms with E-state index in [2.05, 4.69) is 11.9 Å². The van der Waals surface area contributed by atoms with Gasteiger partial charge in [-0.2, -0.15) is 0 Å². The van der Waals surface area contributed by atoms with Crippen LogP contribution in [0.1, 0.15) is 31.1 Å². The maximum Gasteiger partial charge on any atom is 0.246 e. The Kier molecular flexibility index (Phi) is 5.67. The lowest BCUT2D eigenvalue weighted by atomic mass is 9.97. The summed E-state index contributed by atoms with van der Waals surface area (Å²) in [6.07, 6.45) is 0. The van der Waals surface area contributed by atoms with Crippen molar-refractivity contribution in [3.8, 4) is 5.75 Å². The Morgan fingerprint density at radius 2 is 1.86 bits per heavy atom. The molecule has 1 amide bonds. The first-order valence-corrected chi connectivity index (χ1v) is 6.65. The van der Waals surface area contributed by atoms with Gasteiger partial charge in [-0.15, -0.1) is 0 Å². The molecule has 0 aliphatic heterocycles. The largest absolute Gasteiger partial charge is 0.492 e. The third kappa shape index (κ3) is 5.39. The van der Waals surface area contributed by atoms with Gasteiger partial charge >= 0.3 is 0 Å². The molecule has 0 aliphatic rings. The molecule has 21 heavy (non-hydrogen) atoms. The molecule has 0 unspecified atom stereocenters. The first-order chi connectivity index (χ1) is 9.71. The lowest BCUT2D eigenvalue weighted by Gasteiger charge is -2.15. The van der Waals surface area contributed by atoms with Crippen LogP contribution in [0, 0.1) is 0 Å². The zero-order valence-corrected chi connectivity index (χ0v) is 12.6. The monoisotopic (exact) mass is 291 g/mol. The molecule has 0 saturated heterocycles. The summed E-state index contributed by atoms with van der Waals surface area (Å²) in [7, 11) is 0. The minimum Gasteiger partial charge on any atom is -0.492 e. The third-order valence-electron chi connectivity index (χ3n) is 2.72. The van der Waals surface area contributed by atoms with Gasteiger partial charge in [0, 0.05) is 11.1 Å². The molecule has 2 N–H and O–H groups in total. The minimum atomic E-state index is -1.39. The average molecular weight is 291 g/mol. The number of Topliss-reactive ketones (excluding diaryl/α,β-unsaturated/α-hetero) is 1. The second-order valence-corrected chi connectivity index (χ2v) is 5.30. The van der Waals surface area contributed by atoms with Crippen molar-refractivity contribution in [2.45, 2.75) is 26.4 Å². The molecule has 0 spiro atoms. The van der Waals surface area contributed by atoms with Crippen LogP contribution in [0.3, 0.4) is 0 Å². The first kappa shape index (κ1) is 16.9. The molecule has 0 radical (unpaired) electrons. The first-order valence-electron chi connectivity index (χ1n) is 6.65. The molecule has 1 aromatic rings. The molecule has 114 valence electrons. The van der Waals surface area contributed by atoms with E-state index in [0.717, 1.165) is 0 Å². The van der Waals surface area contributed by atoms with Crippen LogP contribution < -0.4 is 10.1 Å². The van der Waals surface area contributed by atoms with E-state index in [1.54, 1.807) is 31.2 Å². The van der Waals surface area contributed by atoms with E-state index in [1.807, 2.05) is 0 Å². The Bertz CT molecular complexity index is 526. The number of ketones is 1. The Hall–Kier alpha value is -2.14. The third-order valence-corrected chi connectivity index (χ3v) is 2.72. The zero-order valence-electron chi connectivity index (χ0n) is 12.6. The van der Waals surface area contributed by atoms with Gasteiger partial charge in [-0.25, -0.2) is 0 Å². The summed E-state index contributed by atoms with van der Waals surface area (Å²) in [6.45, 7) is 8.75. The van der Waals surface area contributed by atoms with E-state index in [-0.39, 0.29) is 11.7 Å². The summed E-state index contributed by atoms with van der Waals surface area (Å²) in [5.41, 5.74) is -0.523. The molecule has 0 aliphatic carbocycles. The standard InChI is InChI=1S/C16H21NO4/c1-11(2)15(19)17-9-10-21-13-7-5-12(6-8-13)14(18)16(3,4)20/h5-8,20H,1,9-10H2,2-4H3,(H,17,19). The lowest BCUT2D eigenvalue weighted by Crippen LogP contribution is -2.31. The van der Waals surface area contributed by atoms with E-state index in [9.17, 15) is 14.7 Å². The van der Waals surface area contributed by atoms with Crippen LogP contribution in [0.25, 0.3) is 0 Å². The Morgan fingerprint density at radius 3 is 2.33 bits per heavy atom. The molecule has 1 rings (SSSR count). The van der Waals surface area contributed by atoms with E-state index in [4.69, 9.17) is 4.74 Å². The summed E-state index contributed by atoms with van der Waals surface area (Å²) < 4.78 is 5.44. The number of benzene rings is 1. The summed E-state index contributed by atoms with van der Waals surface area (Å²) in [4.78, 5) is 23.1. The van der Waals surface area contributed by atoms with Crippen molar-refractivity contribution in [2.75, 3.05) is 13.2 Å². The van der Waals surface area contributed by atoms with Gasteiger partial charge < -0.3 is 15.2 Å². The minimum absolute atomic E-state index is 0.204. The second kappa shape index (κ2) is 7.04. The van der Waals surface area contributed by atoms with Gasteiger partial charge in [-0.1, -0.05) is 6.58 Å². The lowest BCUT2D eigenvalue weighted by molar-refractivity contribution is -0.117. The summed E-state index contributed by atoms with van der Waals surface area (Å²) in [5, 5.41) is 12.3. The predicted molar refractivity (Wildman–Crippen MR) is 80.4 cm³/mol. The zero-order chi connectivity index (χ0) is 16.0. The quantitative estimate of drug-likeness (QED) is 0.455. The molecule has 0 bridgehead atoms. The van der Waals surface area contributed by atoms with Crippen molar-refractivity contribution < 1.29 is 19.4 Å². The number of carbonyl (C=O) groups is 2. The maximum absolute atomic E-state index is 11.8. The number of nitrogens with one attached hydrogen (secondary N) is 1. The van der Waals surface area contributed by atoms with Crippen LogP contribution in [0.2, 0.25) is 0 Å². The van der Waals surface area contributed by atoms with Crippen molar-refractivity contribution in [3.63, 3.8) is 0 Å². The fourth-order valence-corrected chi connectivity index (χ4v) is 1.54. The van der Waals surface area contributed by atoms with Crippen molar-refractivity contribution in [1.29, 1.82) is 0 Å². The van der Waals surface area contributed by atoms with Crippen LogP contribution in [-0.4, -0.2) is 35.5 Å². The number of rotatable bonds is 7. The smallest absolute Gasteiger partial charge is 0.246 e. The summed E-state index contributed by atoms with van der Waals surface area (Å²) in [6, 6.07) is 6.50. The molecule has 0 saturated carbocycles. The van der Waals surface area contributed by atoms with E-state index in [0.29, 0.717) is 30.0 Å². The molecule has 0 atom stereocenters. The molecule has 1 aromatic carbocycles. The van der Waals surface area contributed by atoms with Crippen LogP contribution in [0.15, 0.2) is 36.4 Å². The van der Waals surface area contributed by atoms with E-state index in [1.165, 1.54) is 13.8 Å². The molecular formula is C16H21NO4. The normalized spacial score (nSPS) is 10.9. The molecule has 5 heteroatoms. The van der Waals surface area contributed by atoms with Gasteiger partial charge in [0.25, 0.3) is 0 Å². The summed E-state index contributed by atoms with van der Waals surface area (Å²) in [5.74, 6) is 0.0411. The SMILES string of the molecule is C=C(C)C(=O)NCCOc1ccc(C(=O)C(C)(C)O)cc1. The van der Waals surface area contributed by atoms with Crippen molar-refractivity contribution >= 4 is 11.7 Å². The van der Waals surface area contributed by atoms with E-state index >= 15 is 0 Å². The Balaban J connectivity index is 2.47. The van der Waals surface area contributed by atoms with Gasteiger partial charge in [0.2, 0.25) is 5.91 Å². The number of aliphatic hydroxyl groups is 1. The highest BCUT2D eigenvalue weighted by Gasteiger charge is 2.24. The fourth-order valence-electron chi connectivity index (χ4n) is 1.54. The van der Waals surface area contributed by atoms with Crippen molar-refractivity contribution in [2.24, 2.45) is 0 Å². The van der Waals surface area contributed by atoms with Crippen LogP contribution in [-0.2, 0) is 4.79 Å². The number of ether oxygens (including phenoxy) is 1. The molecule has 0 aromatic heterocycles. The maximum atomic E-state index is 11.8. The Morgan fingerprint density at radius 1 is 1.29 bits per heavy atom.